The molecule has 1 aromatic carbocycles. The topological polar surface area (TPSA) is 97.0 Å². The molecule has 0 unspecified atom stereocenters. The van der Waals surface area contributed by atoms with Crippen molar-refractivity contribution in [1.82, 2.24) is 14.3 Å². The minimum absolute atomic E-state index is 0.0276. The molecule has 7 nitrogen and oxygen atoms in total. The van der Waals surface area contributed by atoms with Crippen LogP contribution in [0.4, 0.5) is 5.95 Å². The Labute approximate surface area is 129 Å². The van der Waals surface area contributed by atoms with Crippen molar-refractivity contribution < 1.29 is 13.2 Å². The van der Waals surface area contributed by atoms with Crippen LogP contribution in [0.1, 0.15) is 0 Å². The van der Waals surface area contributed by atoms with Crippen molar-refractivity contribution in [2.45, 2.75) is 4.90 Å². The summed E-state index contributed by atoms with van der Waals surface area (Å²) in [7, 11) is -2.37. The minimum atomic E-state index is -3.80. The van der Waals surface area contributed by atoms with Crippen LogP contribution in [-0.2, 0) is 10.0 Å². The summed E-state index contributed by atoms with van der Waals surface area (Å²) in [6, 6.07) is 4.92. The van der Waals surface area contributed by atoms with Gasteiger partial charge in [-0.3, -0.25) is 0 Å². The molecular weight excluding hydrogens is 336 g/mol. The van der Waals surface area contributed by atoms with Crippen molar-refractivity contribution in [3.05, 3.63) is 29.4 Å². The number of nitrogens with one attached hydrogen (secondary N) is 2. The number of ether oxygens (including phenoxy) is 1. The lowest BCUT2D eigenvalue weighted by atomic mass is 10.2. The van der Waals surface area contributed by atoms with E-state index in [1.165, 1.54) is 13.3 Å². The highest BCUT2D eigenvalue weighted by molar-refractivity contribution is 7.93. The lowest BCUT2D eigenvalue weighted by molar-refractivity contribution is 0.412. The van der Waals surface area contributed by atoms with E-state index >= 15 is 0 Å². The Hall–Kier alpha value is -1.84. The molecule has 0 radical (unpaired) electrons. The van der Waals surface area contributed by atoms with Gasteiger partial charge in [-0.25, -0.2) is 13.1 Å². The standard InChI is InChI=1S/C11H9ClN4O3S2/c1-19-11-14-10(15-20-11)16-21(17,18)9-5-13-8-4-6(12)2-3-7(8)9/h2-5,13H,1H3,(H,15,16). The molecule has 0 aliphatic rings. The van der Waals surface area contributed by atoms with E-state index in [2.05, 4.69) is 19.1 Å². The molecule has 2 N–H and O–H groups in total. The number of methoxy groups -OCH3 is 1. The number of hydrogen-bond acceptors (Lipinski definition) is 6. The van der Waals surface area contributed by atoms with Crippen LogP contribution in [-0.4, -0.2) is 29.9 Å². The van der Waals surface area contributed by atoms with E-state index in [0.29, 0.717) is 15.9 Å². The van der Waals surface area contributed by atoms with Crippen molar-refractivity contribution in [2.24, 2.45) is 0 Å². The number of sulfonamides is 1. The smallest absolute Gasteiger partial charge is 0.294 e. The Morgan fingerprint density at radius 2 is 2.24 bits per heavy atom. The molecule has 110 valence electrons. The number of halogens is 1. The predicted molar refractivity (Wildman–Crippen MR) is 80.6 cm³/mol. The van der Waals surface area contributed by atoms with Crippen LogP contribution in [0.5, 0.6) is 5.19 Å². The summed E-state index contributed by atoms with van der Waals surface area (Å²) in [5.41, 5.74) is 0.631. The molecule has 0 amide bonds. The number of H-pyrrole nitrogens is 1. The highest BCUT2D eigenvalue weighted by atomic mass is 35.5. The summed E-state index contributed by atoms with van der Waals surface area (Å²) in [5.74, 6) is -0.0276. The molecule has 2 aromatic heterocycles. The zero-order chi connectivity index (χ0) is 15.0. The summed E-state index contributed by atoms with van der Waals surface area (Å²) in [6.45, 7) is 0. The first kappa shape index (κ1) is 14.1. The Morgan fingerprint density at radius 1 is 1.43 bits per heavy atom. The van der Waals surface area contributed by atoms with Gasteiger partial charge in [0, 0.05) is 33.7 Å². The van der Waals surface area contributed by atoms with E-state index in [1.54, 1.807) is 18.2 Å². The molecule has 0 bridgehead atoms. The Balaban J connectivity index is 2.00. The molecule has 0 aliphatic heterocycles. The van der Waals surface area contributed by atoms with Crippen LogP contribution in [0.2, 0.25) is 5.02 Å². The number of hydrogen-bond donors (Lipinski definition) is 2. The molecule has 0 saturated heterocycles. The summed E-state index contributed by atoms with van der Waals surface area (Å²) < 4.78 is 35.8. The van der Waals surface area contributed by atoms with Crippen LogP contribution >= 0.6 is 23.1 Å². The van der Waals surface area contributed by atoms with Gasteiger partial charge in [-0.2, -0.15) is 4.98 Å². The molecule has 0 atom stereocenters. The second kappa shape index (κ2) is 5.17. The van der Waals surface area contributed by atoms with Crippen molar-refractivity contribution in [2.75, 3.05) is 11.8 Å². The van der Waals surface area contributed by atoms with Gasteiger partial charge in [0.2, 0.25) is 0 Å². The number of aromatic amines is 1. The second-order valence-corrected chi connectivity index (χ2v) is 6.84. The maximum absolute atomic E-state index is 12.4. The van der Waals surface area contributed by atoms with Gasteiger partial charge in [-0.15, -0.1) is 4.37 Å². The van der Waals surface area contributed by atoms with E-state index < -0.39 is 10.0 Å². The van der Waals surface area contributed by atoms with E-state index in [-0.39, 0.29) is 16.0 Å². The molecule has 0 saturated carbocycles. The molecular formula is C11H9ClN4O3S2. The number of nitrogens with zero attached hydrogens (tertiary/aromatic N) is 2. The normalized spacial score (nSPS) is 11.7. The number of rotatable bonds is 4. The van der Waals surface area contributed by atoms with Gasteiger partial charge < -0.3 is 9.72 Å². The van der Waals surface area contributed by atoms with Gasteiger partial charge in [0.25, 0.3) is 21.2 Å². The Kier molecular flexibility index (Phi) is 3.47. The largest absolute Gasteiger partial charge is 0.472 e. The zero-order valence-corrected chi connectivity index (χ0v) is 13.0. The maximum Gasteiger partial charge on any atom is 0.294 e. The Bertz CT molecular complexity index is 903. The van der Waals surface area contributed by atoms with Gasteiger partial charge in [0.1, 0.15) is 4.90 Å². The molecule has 0 fully saturated rings. The first-order chi connectivity index (χ1) is 9.99. The van der Waals surface area contributed by atoms with Crippen molar-refractivity contribution >= 4 is 50.0 Å². The lowest BCUT2D eigenvalue weighted by Crippen LogP contribution is -2.13. The predicted octanol–water partition coefficient (Wildman–Crippen LogP) is 2.48. The molecule has 3 rings (SSSR count). The third kappa shape index (κ3) is 2.67. The molecule has 3 aromatic rings. The van der Waals surface area contributed by atoms with Crippen LogP contribution < -0.4 is 9.46 Å². The molecule has 10 heteroatoms. The van der Waals surface area contributed by atoms with Gasteiger partial charge in [0.15, 0.2) is 0 Å². The molecule has 2 heterocycles. The van der Waals surface area contributed by atoms with Crippen LogP contribution in [0.15, 0.2) is 29.3 Å². The number of benzene rings is 1. The van der Waals surface area contributed by atoms with Crippen LogP contribution in [0.25, 0.3) is 10.9 Å². The third-order valence-corrected chi connectivity index (χ3v) is 4.98. The van der Waals surface area contributed by atoms with E-state index in [4.69, 9.17) is 16.3 Å². The van der Waals surface area contributed by atoms with Crippen molar-refractivity contribution in [3.63, 3.8) is 0 Å². The van der Waals surface area contributed by atoms with Gasteiger partial charge in [-0.05, 0) is 18.2 Å². The average molecular weight is 345 g/mol. The SMILES string of the molecule is COc1nc(NS(=O)(=O)c2c[nH]c3cc(Cl)ccc23)ns1. The zero-order valence-electron chi connectivity index (χ0n) is 10.6. The monoisotopic (exact) mass is 344 g/mol. The summed E-state index contributed by atoms with van der Waals surface area (Å²) in [4.78, 5) is 6.85. The fraction of sp³-hybridized carbons (Fsp3) is 0.0909. The number of fused-ring (bicyclic) bond motifs is 1. The third-order valence-electron chi connectivity index (χ3n) is 2.70. The molecule has 0 aliphatic carbocycles. The van der Waals surface area contributed by atoms with Crippen molar-refractivity contribution in [1.29, 1.82) is 0 Å². The van der Waals surface area contributed by atoms with Gasteiger partial charge in [-0.1, -0.05) is 11.6 Å². The van der Waals surface area contributed by atoms with Gasteiger partial charge in [0.05, 0.1) is 7.11 Å². The summed E-state index contributed by atoms with van der Waals surface area (Å²) in [6.07, 6.45) is 1.40. The minimum Gasteiger partial charge on any atom is -0.472 e. The summed E-state index contributed by atoms with van der Waals surface area (Å²) in [5, 5.41) is 1.33. The fourth-order valence-corrected chi connectivity index (χ4v) is 3.61. The van der Waals surface area contributed by atoms with Gasteiger partial charge >= 0.3 is 0 Å². The average Bonchev–Trinajstić information content (AvgIpc) is 3.04. The Morgan fingerprint density at radius 3 is 2.95 bits per heavy atom. The van der Waals surface area contributed by atoms with E-state index in [1.807, 2.05) is 0 Å². The highest BCUT2D eigenvalue weighted by Crippen LogP contribution is 2.27. The van der Waals surface area contributed by atoms with E-state index in [9.17, 15) is 8.42 Å². The van der Waals surface area contributed by atoms with Crippen LogP contribution in [0, 0.1) is 0 Å². The molecule has 0 spiro atoms. The lowest BCUT2D eigenvalue weighted by Gasteiger charge is -2.02. The van der Waals surface area contributed by atoms with E-state index in [0.717, 1.165) is 11.5 Å². The quantitative estimate of drug-likeness (QED) is 0.757. The first-order valence-electron chi connectivity index (χ1n) is 5.67. The first-order valence-corrected chi connectivity index (χ1v) is 8.30. The second-order valence-electron chi connectivity index (χ2n) is 4.04. The maximum atomic E-state index is 12.4. The van der Waals surface area contributed by atoms with Crippen LogP contribution in [0.3, 0.4) is 0 Å². The number of anilines is 1. The highest BCUT2D eigenvalue weighted by Gasteiger charge is 2.21. The molecule has 21 heavy (non-hydrogen) atoms. The van der Waals surface area contributed by atoms with Crippen molar-refractivity contribution in [3.8, 4) is 5.19 Å². The summed E-state index contributed by atoms with van der Waals surface area (Å²) >= 11 is 6.83. The number of aromatic nitrogens is 3. The fourth-order valence-electron chi connectivity index (χ4n) is 1.80.